The van der Waals surface area contributed by atoms with Crippen LogP contribution in [0.2, 0.25) is 0 Å². The highest BCUT2D eigenvalue weighted by atomic mass is 16.5. The Labute approximate surface area is 91.3 Å². The molecule has 0 aromatic carbocycles. The van der Waals surface area contributed by atoms with E-state index in [9.17, 15) is 4.79 Å². The van der Waals surface area contributed by atoms with Crippen molar-refractivity contribution in [1.82, 2.24) is 5.32 Å². The van der Waals surface area contributed by atoms with E-state index in [-0.39, 0.29) is 11.4 Å². The van der Waals surface area contributed by atoms with Gasteiger partial charge >= 0.3 is 5.97 Å². The van der Waals surface area contributed by atoms with Crippen LogP contribution in [-0.4, -0.2) is 39.4 Å². The SMILES string of the molecule is CCOC(=O)[C@]1(CCOC)CCCNC1. The molecule has 15 heavy (non-hydrogen) atoms. The molecular weight excluding hydrogens is 194 g/mol. The van der Waals surface area contributed by atoms with Crippen LogP contribution in [0.5, 0.6) is 0 Å². The van der Waals surface area contributed by atoms with Crippen LogP contribution in [0, 0.1) is 5.41 Å². The van der Waals surface area contributed by atoms with Gasteiger partial charge in [-0.05, 0) is 32.7 Å². The maximum atomic E-state index is 11.9. The molecule has 1 atom stereocenters. The first-order valence-electron chi connectivity index (χ1n) is 5.62. The lowest BCUT2D eigenvalue weighted by Gasteiger charge is -2.35. The van der Waals surface area contributed by atoms with Gasteiger partial charge in [0.2, 0.25) is 0 Å². The van der Waals surface area contributed by atoms with Crippen molar-refractivity contribution in [2.75, 3.05) is 33.4 Å². The van der Waals surface area contributed by atoms with Crippen molar-refractivity contribution in [3.63, 3.8) is 0 Å². The number of hydrogen-bond acceptors (Lipinski definition) is 4. The van der Waals surface area contributed by atoms with Crippen molar-refractivity contribution in [3.05, 3.63) is 0 Å². The number of carbonyl (C=O) groups excluding carboxylic acids is 1. The first kappa shape index (κ1) is 12.5. The van der Waals surface area contributed by atoms with Gasteiger partial charge in [-0.3, -0.25) is 4.79 Å². The normalized spacial score (nSPS) is 26.3. The summed E-state index contributed by atoms with van der Waals surface area (Å²) in [5.41, 5.74) is -0.357. The highest BCUT2D eigenvalue weighted by Gasteiger charge is 2.40. The van der Waals surface area contributed by atoms with Crippen LogP contribution in [0.1, 0.15) is 26.2 Å². The lowest BCUT2D eigenvalue weighted by atomic mass is 9.78. The maximum Gasteiger partial charge on any atom is 0.313 e. The number of ether oxygens (including phenoxy) is 2. The van der Waals surface area contributed by atoms with Gasteiger partial charge in [-0.2, -0.15) is 0 Å². The molecule has 0 saturated carbocycles. The van der Waals surface area contributed by atoms with Gasteiger partial charge in [0.25, 0.3) is 0 Å². The third-order valence-electron chi connectivity index (χ3n) is 2.97. The van der Waals surface area contributed by atoms with Crippen molar-refractivity contribution in [3.8, 4) is 0 Å². The summed E-state index contributed by atoms with van der Waals surface area (Å²) in [6, 6.07) is 0. The zero-order chi connectivity index (χ0) is 11.1. The van der Waals surface area contributed by atoms with Crippen LogP contribution in [-0.2, 0) is 14.3 Å². The molecule has 1 aliphatic heterocycles. The van der Waals surface area contributed by atoms with Crippen molar-refractivity contribution in [2.24, 2.45) is 5.41 Å². The largest absolute Gasteiger partial charge is 0.466 e. The fourth-order valence-electron chi connectivity index (χ4n) is 2.04. The van der Waals surface area contributed by atoms with Crippen molar-refractivity contribution < 1.29 is 14.3 Å². The van der Waals surface area contributed by atoms with E-state index in [2.05, 4.69) is 5.32 Å². The minimum atomic E-state index is -0.357. The Kier molecular flexibility index (Phi) is 5.05. The second-order valence-electron chi connectivity index (χ2n) is 4.02. The Morgan fingerprint density at radius 2 is 2.33 bits per heavy atom. The lowest BCUT2D eigenvalue weighted by molar-refractivity contribution is -0.157. The fourth-order valence-corrected chi connectivity index (χ4v) is 2.04. The topological polar surface area (TPSA) is 47.6 Å². The molecule has 0 radical (unpaired) electrons. The van der Waals surface area contributed by atoms with Gasteiger partial charge < -0.3 is 14.8 Å². The molecule has 1 fully saturated rings. The van der Waals surface area contributed by atoms with E-state index < -0.39 is 0 Å². The minimum absolute atomic E-state index is 0.0748. The maximum absolute atomic E-state index is 11.9. The van der Waals surface area contributed by atoms with E-state index in [4.69, 9.17) is 9.47 Å². The van der Waals surface area contributed by atoms with Gasteiger partial charge in [-0.1, -0.05) is 0 Å². The summed E-state index contributed by atoms with van der Waals surface area (Å²) >= 11 is 0. The second-order valence-corrected chi connectivity index (χ2v) is 4.02. The Bertz CT molecular complexity index is 200. The minimum Gasteiger partial charge on any atom is -0.466 e. The summed E-state index contributed by atoms with van der Waals surface area (Å²) in [5.74, 6) is -0.0748. The van der Waals surface area contributed by atoms with E-state index in [1.54, 1.807) is 7.11 Å². The van der Waals surface area contributed by atoms with Gasteiger partial charge in [0.15, 0.2) is 0 Å². The van der Waals surface area contributed by atoms with Crippen molar-refractivity contribution in [2.45, 2.75) is 26.2 Å². The molecule has 1 saturated heterocycles. The first-order valence-corrected chi connectivity index (χ1v) is 5.62. The average Bonchev–Trinajstić information content (AvgIpc) is 2.28. The van der Waals surface area contributed by atoms with Crippen LogP contribution in [0.3, 0.4) is 0 Å². The standard InChI is InChI=1S/C11H21NO3/c1-3-15-10(13)11(6-8-14-2)5-4-7-12-9-11/h12H,3-9H2,1-2H3/t11-/m0/s1. The van der Waals surface area contributed by atoms with Gasteiger partial charge in [-0.25, -0.2) is 0 Å². The van der Waals surface area contributed by atoms with Crippen LogP contribution >= 0.6 is 0 Å². The van der Waals surface area contributed by atoms with Gasteiger partial charge in [0.05, 0.1) is 12.0 Å². The van der Waals surface area contributed by atoms with E-state index >= 15 is 0 Å². The molecule has 4 nitrogen and oxygen atoms in total. The molecule has 4 heteroatoms. The van der Waals surface area contributed by atoms with Crippen LogP contribution in [0.4, 0.5) is 0 Å². The van der Waals surface area contributed by atoms with E-state index in [0.29, 0.717) is 13.2 Å². The predicted octanol–water partition coefficient (Wildman–Crippen LogP) is 0.956. The zero-order valence-corrected chi connectivity index (χ0v) is 9.67. The summed E-state index contributed by atoms with van der Waals surface area (Å²) < 4.78 is 10.2. The monoisotopic (exact) mass is 215 g/mol. The second kappa shape index (κ2) is 6.08. The lowest BCUT2D eigenvalue weighted by Crippen LogP contribution is -2.47. The molecule has 1 heterocycles. The molecular formula is C11H21NO3. The third-order valence-corrected chi connectivity index (χ3v) is 2.97. The number of carbonyl (C=O) groups is 1. The summed E-state index contributed by atoms with van der Waals surface area (Å²) in [6.07, 6.45) is 2.68. The Morgan fingerprint density at radius 3 is 2.87 bits per heavy atom. The number of methoxy groups -OCH3 is 1. The molecule has 0 aliphatic carbocycles. The number of hydrogen-bond donors (Lipinski definition) is 1. The third kappa shape index (κ3) is 3.18. The molecule has 0 aromatic heterocycles. The molecule has 88 valence electrons. The van der Waals surface area contributed by atoms with Crippen LogP contribution < -0.4 is 5.32 Å². The summed E-state index contributed by atoms with van der Waals surface area (Å²) in [6.45, 7) is 4.62. The zero-order valence-electron chi connectivity index (χ0n) is 9.67. The quantitative estimate of drug-likeness (QED) is 0.694. The summed E-state index contributed by atoms with van der Waals surface area (Å²) in [4.78, 5) is 11.9. The van der Waals surface area contributed by atoms with Crippen LogP contribution in [0.15, 0.2) is 0 Å². The Balaban J connectivity index is 2.61. The molecule has 1 rings (SSSR count). The predicted molar refractivity (Wildman–Crippen MR) is 57.7 cm³/mol. The molecule has 0 aromatic rings. The summed E-state index contributed by atoms with van der Waals surface area (Å²) in [7, 11) is 1.66. The van der Waals surface area contributed by atoms with E-state index in [0.717, 1.165) is 32.4 Å². The van der Waals surface area contributed by atoms with Gasteiger partial charge in [0, 0.05) is 20.3 Å². The summed E-state index contributed by atoms with van der Waals surface area (Å²) in [5, 5.41) is 3.27. The Morgan fingerprint density at radius 1 is 1.53 bits per heavy atom. The van der Waals surface area contributed by atoms with E-state index in [1.807, 2.05) is 6.92 Å². The first-order chi connectivity index (χ1) is 7.25. The molecule has 1 N–H and O–H groups in total. The molecule has 1 aliphatic rings. The smallest absolute Gasteiger partial charge is 0.313 e. The van der Waals surface area contributed by atoms with Gasteiger partial charge in [0.1, 0.15) is 0 Å². The Hall–Kier alpha value is -0.610. The number of rotatable bonds is 5. The molecule has 0 spiro atoms. The fraction of sp³-hybridized carbons (Fsp3) is 0.909. The average molecular weight is 215 g/mol. The highest BCUT2D eigenvalue weighted by molar-refractivity contribution is 5.77. The molecule has 0 unspecified atom stereocenters. The molecule has 0 bridgehead atoms. The number of esters is 1. The number of piperidine rings is 1. The highest BCUT2D eigenvalue weighted by Crippen LogP contribution is 2.31. The van der Waals surface area contributed by atoms with Crippen molar-refractivity contribution >= 4 is 5.97 Å². The van der Waals surface area contributed by atoms with Crippen molar-refractivity contribution in [1.29, 1.82) is 0 Å². The number of nitrogens with one attached hydrogen (secondary N) is 1. The van der Waals surface area contributed by atoms with Crippen LogP contribution in [0.25, 0.3) is 0 Å². The molecule has 0 amide bonds. The van der Waals surface area contributed by atoms with E-state index in [1.165, 1.54) is 0 Å². The van der Waals surface area contributed by atoms with Gasteiger partial charge in [-0.15, -0.1) is 0 Å².